The lowest BCUT2D eigenvalue weighted by Gasteiger charge is -2.14. The second-order valence-electron chi connectivity index (χ2n) is 3.94. The van der Waals surface area contributed by atoms with Gasteiger partial charge in [0.25, 0.3) is 0 Å². The Morgan fingerprint density at radius 1 is 0.941 bits per heavy atom. The number of nitrogens with two attached hydrogens (primary N) is 1. The van der Waals surface area contributed by atoms with E-state index in [1.54, 1.807) is 6.07 Å². The minimum atomic E-state index is -0.136. The summed E-state index contributed by atoms with van der Waals surface area (Å²) in [4.78, 5) is 0. The molecule has 0 fully saturated rings. The molecule has 2 aromatic carbocycles. The molecule has 0 aliphatic carbocycles. The second-order valence-corrected chi connectivity index (χ2v) is 4.72. The fourth-order valence-electron chi connectivity index (χ4n) is 1.78. The molecule has 0 saturated heterocycles. The molecular weight excluding hydrogens is 253 g/mol. The van der Waals surface area contributed by atoms with Crippen molar-refractivity contribution < 1.29 is 0 Å². The van der Waals surface area contributed by atoms with Crippen LogP contribution in [0.2, 0.25) is 10.0 Å². The van der Waals surface area contributed by atoms with E-state index in [1.807, 2.05) is 30.3 Å². The van der Waals surface area contributed by atoms with Crippen LogP contribution in [-0.2, 0) is 6.42 Å². The van der Waals surface area contributed by atoms with Crippen LogP contribution in [0.4, 0.5) is 0 Å². The molecule has 1 atom stereocenters. The van der Waals surface area contributed by atoms with Crippen molar-refractivity contribution in [3.63, 3.8) is 0 Å². The quantitative estimate of drug-likeness (QED) is 0.883. The lowest BCUT2D eigenvalue weighted by atomic mass is 10.00. The van der Waals surface area contributed by atoms with E-state index in [9.17, 15) is 0 Å². The summed E-state index contributed by atoms with van der Waals surface area (Å²) < 4.78 is 0. The zero-order chi connectivity index (χ0) is 12.3. The Kier molecular flexibility index (Phi) is 4.06. The summed E-state index contributed by atoms with van der Waals surface area (Å²) in [5.41, 5.74) is 8.24. The highest BCUT2D eigenvalue weighted by atomic mass is 35.5. The van der Waals surface area contributed by atoms with Crippen LogP contribution in [0.15, 0.2) is 48.5 Å². The molecule has 0 aliphatic rings. The molecule has 0 bridgehead atoms. The molecule has 88 valence electrons. The molecule has 0 heterocycles. The number of benzene rings is 2. The standard InChI is InChI=1S/C14H13Cl2N/c15-12-8-4-7-11(14(12)16)13(17)9-10-5-2-1-3-6-10/h1-8,13H,9,17H2/t13-/m1/s1. The Hall–Kier alpha value is -1.02. The highest BCUT2D eigenvalue weighted by molar-refractivity contribution is 6.42. The first-order chi connectivity index (χ1) is 8.18. The molecule has 2 aromatic rings. The van der Waals surface area contributed by atoms with Crippen molar-refractivity contribution in [3.05, 3.63) is 69.7 Å². The lowest BCUT2D eigenvalue weighted by Crippen LogP contribution is -2.13. The van der Waals surface area contributed by atoms with Crippen molar-refractivity contribution in [2.24, 2.45) is 5.73 Å². The monoisotopic (exact) mass is 265 g/mol. The predicted molar refractivity (Wildman–Crippen MR) is 73.5 cm³/mol. The van der Waals surface area contributed by atoms with E-state index in [-0.39, 0.29) is 6.04 Å². The van der Waals surface area contributed by atoms with Crippen LogP contribution in [-0.4, -0.2) is 0 Å². The predicted octanol–water partition coefficient (Wildman–Crippen LogP) is 4.24. The first kappa shape index (κ1) is 12.4. The zero-order valence-electron chi connectivity index (χ0n) is 9.24. The Bertz CT molecular complexity index is 497. The van der Waals surface area contributed by atoms with Crippen LogP contribution in [0, 0.1) is 0 Å². The largest absolute Gasteiger partial charge is 0.324 e. The molecule has 17 heavy (non-hydrogen) atoms. The summed E-state index contributed by atoms with van der Waals surface area (Å²) in [7, 11) is 0. The summed E-state index contributed by atoms with van der Waals surface area (Å²) in [5.74, 6) is 0. The van der Waals surface area contributed by atoms with Gasteiger partial charge in [-0.1, -0.05) is 65.7 Å². The van der Waals surface area contributed by atoms with Crippen LogP contribution in [0.5, 0.6) is 0 Å². The van der Waals surface area contributed by atoms with Gasteiger partial charge in [-0.05, 0) is 23.6 Å². The number of halogens is 2. The van der Waals surface area contributed by atoms with Crippen molar-refractivity contribution in [2.75, 3.05) is 0 Å². The summed E-state index contributed by atoms with van der Waals surface area (Å²) in [5, 5.41) is 1.10. The summed E-state index contributed by atoms with van der Waals surface area (Å²) in [6.07, 6.45) is 0.751. The third-order valence-electron chi connectivity index (χ3n) is 2.68. The Morgan fingerprint density at radius 2 is 1.65 bits per heavy atom. The number of hydrogen-bond acceptors (Lipinski definition) is 1. The second kappa shape index (κ2) is 5.54. The average molecular weight is 266 g/mol. The van der Waals surface area contributed by atoms with Gasteiger partial charge in [-0.3, -0.25) is 0 Å². The van der Waals surface area contributed by atoms with Gasteiger partial charge >= 0.3 is 0 Å². The fourth-order valence-corrected chi connectivity index (χ4v) is 2.23. The topological polar surface area (TPSA) is 26.0 Å². The maximum absolute atomic E-state index is 6.15. The van der Waals surface area contributed by atoms with Gasteiger partial charge < -0.3 is 5.73 Å². The molecule has 0 unspecified atom stereocenters. The van der Waals surface area contributed by atoms with Crippen molar-refractivity contribution >= 4 is 23.2 Å². The maximum Gasteiger partial charge on any atom is 0.0640 e. The third kappa shape index (κ3) is 3.01. The highest BCUT2D eigenvalue weighted by Crippen LogP contribution is 2.30. The summed E-state index contributed by atoms with van der Waals surface area (Å²) >= 11 is 12.1. The van der Waals surface area contributed by atoms with Crippen LogP contribution >= 0.6 is 23.2 Å². The van der Waals surface area contributed by atoms with E-state index in [1.165, 1.54) is 5.56 Å². The van der Waals surface area contributed by atoms with E-state index in [2.05, 4.69) is 12.1 Å². The normalized spacial score (nSPS) is 12.4. The third-order valence-corrected chi connectivity index (χ3v) is 3.51. The molecule has 2 N–H and O–H groups in total. The molecule has 0 spiro atoms. The average Bonchev–Trinajstić information content (AvgIpc) is 2.34. The van der Waals surface area contributed by atoms with Crippen molar-refractivity contribution in [2.45, 2.75) is 12.5 Å². The van der Waals surface area contributed by atoms with E-state index in [4.69, 9.17) is 28.9 Å². The smallest absolute Gasteiger partial charge is 0.0640 e. The van der Waals surface area contributed by atoms with E-state index >= 15 is 0 Å². The number of hydrogen-bond donors (Lipinski definition) is 1. The molecule has 0 aromatic heterocycles. The zero-order valence-corrected chi connectivity index (χ0v) is 10.7. The first-order valence-electron chi connectivity index (χ1n) is 5.42. The Morgan fingerprint density at radius 3 is 2.35 bits per heavy atom. The van der Waals surface area contributed by atoms with Crippen molar-refractivity contribution in [1.82, 2.24) is 0 Å². The fraction of sp³-hybridized carbons (Fsp3) is 0.143. The lowest BCUT2D eigenvalue weighted by molar-refractivity contribution is 0.722. The van der Waals surface area contributed by atoms with Crippen LogP contribution in [0.3, 0.4) is 0 Å². The first-order valence-corrected chi connectivity index (χ1v) is 6.17. The molecular formula is C14H13Cl2N. The molecule has 1 nitrogen and oxygen atoms in total. The molecule has 3 heteroatoms. The minimum Gasteiger partial charge on any atom is -0.324 e. The maximum atomic E-state index is 6.15. The van der Waals surface area contributed by atoms with Crippen molar-refractivity contribution in [3.8, 4) is 0 Å². The van der Waals surface area contributed by atoms with Crippen LogP contribution in [0.25, 0.3) is 0 Å². The van der Waals surface area contributed by atoms with Gasteiger partial charge in [0.05, 0.1) is 10.0 Å². The number of rotatable bonds is 3. The van der Waals surface area contributed by atoms with Gasteiger partial charge in [0.1, 0.15) is 0 Å². The SMILES string of the molecule is N[C@H](Cc1ccccc1)c1cccc(Cl)c1Cl. The minimum absolute atomic E-state index is 0.136. The van der Waals surface area contributed by atoms with Crippen LogP contribution in [0.1, 0.15) is 17.2 Å². The van der Waals surface area contributed by atoms with E-state index in [0.29, 0.717) is 10.0 Å². The molecule has 0 saturated carbocycles. The van der Waals surface area contributed by atoms with Gasteiger partial charge in [-0.2, -0.15) is 0 Å². The summed E-state index contributed by atoms with van der Waals surface area (Å²) in [6.45, 7) is 0. The van der Waals surface area contributed by atoms with Gasteiger partial charge in [-0.15, -0.1) is 0 Å². The molecule has 2 rings (SSSR count). The van der Waals surface area contributed by atoms with E-state index < -0.39 is 0 Å². The van der Waals surface area contributed by atoms with Gasteiger partial charge in [0.15, 0.2) is 0 Å². The van der Waals surface area contributed by atoms with E-state index in [0.717, 1.165) is 12.0 Å². The van der Waals surface area contributed by atoms with Gasteiger partial charge in [0, 0.05) is 6.04 Å². The Balaban J connectivity index is 2.20. The van der Waals surface area contributed by atoms with Crippen LogP contribution < -0.4 is 5.73 Å². The van der Waals surface area contributed by atoms with Gasteiger partial charge in [0.2, 0.25) is 0 Å². The van der Waals surface area contributed by atoms with Gasteiger partial charge in [-0.25, -0.2) is 0 Å². The highest BCUT2D eigenvalue weighted by Gasteiger charge is 2.12. The molecule has 0 radical (unpaired) electrons. The molecule has 0 amide bonds. The summed E-state index contributed by atoms with van der Waals surface area (Å²) in [6, 6.07) is 15.5. The van der Waals surface area contributed by atoms with Crippen molar-refractivity contribution in [1.29, 1.82) is 0 Å². The molecule has 0 aliphatic heterocycles. The Labute approximate surface area is 111 Å².